The fourth-order valence-corrected chi connectivity index (χ4v) is 2.82. The van der Waals surface area contributed by atoms with E-state index in [1.165, 1.54) is 6.07 Å². The van der Waals surface area contributed by atoms with Gasteiger partial charge in [-0.2, -0.15) is 13.2 Å². The summed E-state index contributed by atoms with van der Waals surface area (Å²) in [7, 11) is 0. The number of hydrogen-bond acceptors (Lipinski definition) is 1. The Morgan fingerprint density at radius 3 is 2.40 bits per heavy atom. The summed E-state index contributed by atoms with van der Waals surface area (Å²) in [6.07, 6.45) is -2.13. The average Bonchev–Trinajstić information content (AvgIpc) is 2.37. The topological polar surface area (TPSA) is 37.3 Å². The van der Waals surface area contributed by atoms with Crippen LogP contribution in [0.25, 0.3) is 0 Å². The van der Waals surface area contributed by atoms with E-state index in [-0.39, 0.29) is 0 Å². The van der Waals surface area contributed by atoms with Gasteiger partial charge in [0.25, 0.3) is 0 Å². The van der Waals surface area contributed by atoms with E-state index in [4.69, 9.17) is 5.11 Å². The summed E-state index contributed by atoms with van der Waals surface area (Å²) < 4.78 is 51.0. The standard InChI is InChI=1S/C14H14F4O2/c15-12-7-8(5-6-11(12)14(16,17)18)9-3-1-2-4-10(9)13(19)20/h5-7,9-10H,1-4H2,(H,19,20). The first kappa shape index (κ1) is 14.8. The average molecular weight is 290 g/mol. The molecule has 0 aliphatic heterocycles. The number of benzene rings is 1. The normalized spacial score (nSPS) is 23.6. The second-order valence-electron chi connectivity index (χ2n) is 5.07. The van der Waals surface area contributed by atoms with Crippen LogP contribution in [0.3, 0.4) is 0 Å². The lowest BCUT2D eigenvalue weighted by Crippen LogP contribution is -2.25. The number of carbonyl (C=O) groups is 1. The minimum absolute atomic E-state index is 0.336. The van der Waals surface area contributed by atoms with Crippen LogP contribution in [-0.2, 0) is 11.0 Å². The zero-order chi connectivity index (χ0) is 14.9. The zero-order valence-electron chi connectivity index (χ0n) is 10.6. The van der Waals surface area contributed by atoms with Gasteiger partial charge in [0.1, 0.15) is 5.82 Å². The molecule has 1 fully saturated rings. The van der Waals surface area contributed by atoms with Gasteiger partial charge in [-0.1, -0.05) is 18.9 Å². The third-order valence-electron chi connectivity index (χ3n) is 3.81. The van der Waals surface area contributed by atoms with Crippen molar-refractivity contribution in [3.63, 3.8) is 0 Å². The highest BCUT2D eigenvalue weighted by Crippen LogP contribution is 2.40. The largest absolute Gasteiger partial charge is 0.481 e. The predicted octanol–water partition coefficient (Wildman–Crippen LogP) is 4.20. The highest BCUT2D eigenvalue weighted by atomic mass is 19.4. The lowest BCUT2D eigenvalue weighted by Gasteiger charge is -2.29. The molecule has 1 N–H and O–H groups in total. The molecule has 1 saturated carbocycles. The van der Waals surface area contributed by atoms with Gasteiger partial charge < -0.3 is 5.11 Å². The molecular formula is C14H14F4O2. The van der Waals surface area contributed by atoms with E-state index in [2.05, 4.69) is 0 Å². The molecule has 110 valence electrons. The van der Waals surface area contributed by atoms with E-state index in [1.54, 1.807) is 0 Å². The first-order valence-electron chi connectivity index (χ1n) is 6.40. The molecule has 0 radical (unpaired) electrons. The van der Waals surface area contributed by atoms with Crippen molar-refractivity contribution < 1.29 is 27.5 Å². The Kier molecular flexibility index (Phi) is 4.01. The molecule has 20 heavy (non-hydrogen) atoms. The highest BCUT2D eigenvalue weighted by molar-refractivity contribution is 5.71. The first-order chi connectivity index (χ1) is 9.30. The Labute approximate surface area is 113 Å². The molecule has 0 amide bonds. The number of aliphatic carboxylic acids is 1. The fourth-order valence-electron chi connectivity index (χ4n) is 2.82. The molecule has 0 heterocycles. The second-order valence-corrected chi connectivity index (χ2v) is 5.07. The molecule has 2 atom stereocenters. The minimum atomic E-state index is -4.73. The Morgan fingerprint density at radius 1 is 1.20 bits per heavy atom. The van der Waals surface area contributed by atoms with Gasteiger partial charge in [0.05, 0.1) is 11.5 Å². The number of carboxylic acid groups (broad SMARTS) is 1. The molecular weight excluding hydrogens is 276 g/mol. The summed E-state index contributed by atoms with van der Waals surface area (Å²) in [6.45, 7) is 0. The van der Waals surface area contributed by atoms with Gasteiger partial charge in [-0.25, -0.2) is 4.39 Å². The molecule has 6 heteroatoms. The van der Waals surface area contributed by atoms with Crippen molar-refractivity contribution in [2.24, 2.45) is 5.92 Å². The summed E-state index contributed by atoms with van der Waals surface area (Å²) in [4.78, 5) is 11.2. The molecule has 2 unspecified atom stereocenters. The maximum absolute atomic E-state index is 13.6. The van der Waals surface area contributed by atoms with Crippen molar-refractivity contribution in [3.8, 4) is 0 Å². The minimum Gasteiger partial charge on any atom is -0.481 e. The van der Waals surface area contributed by atoms with Gasteiger partial charge in [-0.15, -0.1) is 0 Å². The second kappa shape index (κ2) is 5.42. The van der Waals surface area contributed by atoms with E-state index in [0.717, 1.165) is 18.9 Å². The molecule has 1 aliphatic rings. The number of carboxylic acids is 1. The third-order valence-corrected chi connectivity index (χ3v) is 3.81. The number of hydrogen-bond donors (Lipinski definition) is 1. The van der Waals surface area contributed by atoms with E-state index in [1.807, 2.05) is 0 Å². The zero-order valence-corrected chi connectivity index (χ0v) is 10.6. The van der Waals surface area contributed by atoms with Crippen molar-refractivity contribution in [3.05, 3.63) is 35.1 Å². The first-order valence-corrected chi connectivity index (χ1v) is 6.40. The predicted molar refractivity (Wildman–Crippen MR) is 63.7 cm³/mol. The van der Waals surface area contributed by atoms with Crippen molar-refractivity contribution in [2.45, 2.75) is 37.8 Å². The van der Waals surface area contributed by atoms with Crippen LogP contribution in [0.5, 0.6) is 0 Å². The Balaban J connectivity index is 2.33. The van der Waals surface area contributed by atoms with Crippen LogP contribution in [0.1, 0.15) is 42.7 Å². The molecule has 0 bridgehead atoms. The fraction of sp³-hybridized carbons (Fsp3) is 0.500. The van der Waals surface area contributed by atoms with Crippen molar-refractivity contribution >= 4 is 5.97 Å². The van der Waals surface area contributed by atoms with Gasteiger partial charge in [0.2, 0.25) is 0 Å². The van der Waals surface area contributed by atoms with Crippen molar-refractivity contribution in [1.82, 2.24) is 0 Å². The monoisotopic (exact) mass is 290 g/mol. The SMILES string of the molecule is O=C(O)C1CCCCC1c1ccc(C(F)(F)F)c(F)c1. The van der Waals surface area contributed by atoms with Gasteiger partial charge in [-0.3, -0.25) is 4.79 Å². The van der Waals surface area contributed by atoms with Crippen LogP contribution in [0.2, 0.25) is 0 Å². The maximum atomic E-state index is 13.6. The Bertz CT molecular complexity index is 510. The van der Waals surface area contributed by atoms with E-state index in [9.17, 15) is 22.4 Å². The maximum Gasteiger partial charge on any atom is 0.419 e. The summed E-state index contributed by atoms with van der Waals surface area (Å²) in [6, 6.07) is 2.71. The summed E-state index contributed by atoms with van der Waals surface area (Å²) >= 11 is 0. The van der Waals surface area contributed by atoms with Gasteiger partial charge in [-0.05, 0) is 36.5 Å². The highest BCUT2D eigenvalue weighted by Gasteiger charge is 2.36. The van der Waals surface area contributed by atoms with Gasteiger partial charge in [0, 0.05) is 0 Å². The third kappa shape index (κ3) is 2.94. The van der Waals surface area contributed by atoms with Crippen LogP contribution >= 0.6 is 0 Å². The molecule has 0 saturated heterocycles. The summed E-state index contributed by atoms with van der Waals surface area (Å²) in [5.74, 6) is -3.39. The molecule has 1 aromatic rings. The van der Waals surface area contributed by atoms with Crippen LogP contribution in [0.15, 0.2) is 18.2 Å². The smallest absolute Gasteiger partial charge is 0.419 e. The quantitative estimate of drug-likeness (QED) is 0.829. The van der Waals surface area contributed by atoms with Gasteiger partial charge in [0.15, 0.2) is 0 Å². The molecule has 2 nitrogen and oxygen atoms in total. The Morgan fingerprint density at radius 2 is 1.85 bits per heavy atom. The molecule has 0 spiro atoms. The van der Waals surface area contributed by atoms with E-state index < -0.39 is 35.4 Å². The van der Waals surface area contributed by atoms with E-state index in [0.29, 0.717) is 24.5 Å². The van der Waals surface area contributed by atoms with Crippen molar-refractivity contribution in [2.75, 3.05) is 0 Å². The van der Waals surface area contributed by atoms with Gasteiger partial charge >= 0.3 is 12.1 Å². The molecule has 1 aromatic carbocycles. The van der Waals surface area contributed by atoms with Crippen LogP contribution < -0.4 is 0 Å². The van der Waals surface area contributed by atoms with Crippen LogP contribution in [0.4, 0.5) is 17.6 Å². The number of alkyl halides is 3. The van der Waals surface area contributed by atoms with Crippen LogP contribution in [-0.4, -0.2) is 11.1 Å². The molecule has 0 aromatic heterocycles. The molecule has 2 rings (SSSR count). The lowest BCUT2D eigenvalue weighted by molar-refractivity contribution is -0.144. The Hall–Kier alpha value is -1.59. The van der Waals surface area contributed by atoms with Crippen LogP contribution in [0, 0.1) is 11.7 Å². The number of rotatable bonds is 2. The van der Waals surface area contributed by atoms with E-state index >= 15 is 0 Å². The molecule has 1 aliphatic carbocycles. The van der Waals surface area contributed by atoms with Crippen molar-refractivity contribution in [1.29, 1.82) is 0 Å². The lowest BCUT2D eigenvalue weighted by atomic mass is 9.75. The number of halogens is 4. The summed E-state index contributed by atoms with van der Waals surface area (Å²) in [5, 5.41) is 9.15. The summed E-state index contributed by atoms with van der Waals surface area (Å²) in [5.41, 5.74) is -0.980.